The van der Waals surface area contributed by atoms with E-state index in [-0.39, 0.29) is 18.2 Å². The van der Waals surface area contributed by atoms with Crippen molar-refractivity contribution in [3.05, 3.63) is 64.8 Å². The molecule has 1 saturated heterocycles. The van der Waals surface area contributed by atoms with Crippen molar-refractivity contribution in [2.24, 2.45) is 0 Å². The lowest BCUT2D eigenvalue weighted by Gasteiger charge is -2.21. The van der Waals surface area contributed by atoms with Gasteiger partial charge in [-0.15, -0.1) is 0 Å². The van der Waals surface area contributed by atoms with Gasteiger partial charge in [0.05, 0.1) is 17.8 Å². The Balaban J connectivity index is 1.39. The number of rotatable bonds is 5. The zero-order valence-electron chi connectivity index (χ0n) is 19.7. The standard InChI is InChI=1S/C26H27ClN6O2/c1-3-33-22-13-18(27)6-9-21(22)24-17(12-23(33)34)14-29-26(31-24)30-19-7-4-16(5-8-19)25(35)32-11-10-20(15-32)28-2/h4-9,13-14,20,28H,3,10-12,15H2,1-2H3,(H,29,30,31). The lowest BCUT2D eigenvalue weighted by Crippen LogP contribution is -2.33. The maximum absolute atomic E-state index is 12.9. The number of carbonyl (C=O) groups excluding carboxylic acids is 2. The average Bonchev–Trinajstić information content (AvgIpc) is 3.31. The molecule has 1 atom stereocenters. The number of nitrogens with one attached hydrogen (secondary N) is 2. The lowest BCUT2D eigenvalue weighted by atomic mass is 10.1. The second kappa shape index (κ2) is 9.64. The van der Waals surface area contributed by atoms with Crippen LogP contribution in [0.1, 0.15) is 29.3 Å². The monoisotopic (exact) mass is 490 g/mol. The summed E-state index contributed by atoms with van der Waals surface area (Å²) in [4.78, 5) is 38.5. The van der Waals surface area contributed by atoms with Gasteiger partial charge in [-0.3, -0.25) is 9.59 Å². The third-order valence-electron chi connectivity index (χ3n) is 6.60. The number of hydrogen-bond donors (Lipinski definition) is 2. The number of benzene rings is 2. The van der Waals surface area contributed by atoms with Crippen molar-refractivity contribution in [3.63, 3.8) is 0 Å². The molecule has 1 fully saturated rings. The minimum absolute atomic E-state index is 0.0154. The zero-order chi connectivity index (χ0) is 24.5. The van der Waals surface area contributed by atoms with Crippen molar-refractivity contribution < 1.29 is 9.59 Å². The van der Waals surface area contributed by atoms with Crippen molar-refractivity contribution in [2.75, 3.05) is 36.9 Å². The first-order valence-electron chi connectivity index (χ1n) is 11.8. The maximum atomic E-state index is 12.9. The van der Waals surface area contributed by atoms with Crippen LogP contribution in [0.15, 0.2) is 48.7 Å². The number of likely N-dealkylation sites (tertiary alicyclic amines) is 1. The van der Waals surface area contributed by atoms with Gasteiger partial charge in [-0.2, -0.15) is 0 Å². The smallest absolute Gasteiger partial charge is 0.253 e. The van der Waals surface area contributed by atoms with E-state index in [1.807, 2.05) is 49.2 Å². The van der Waals surface area contributed by atoms with Gasteiger partial charge in [0, 0.05) is 59.3 Å². The molecule has 3 aromatic rings. The molecule has 1 unspecified atom stereocenters. The molecule has 2 amide bonds. The minimum Gasteiger partial charge on any atom is -0.337 e. The van der Waals surface area contributed by atoms with Crippen molar-refractivity contribution in [1.82, 2.24) is 20.2 Å². The fraction of sp³-hybridized carbons (Fsp3) is 0.308. The Hall–Kier alpha value is -3.49. The van der Waals surface area contributed by atoms with E-state index in [1.54, 1.807) is 23.2 Å². The van der Waals surface area contributed by atoms with Crippen LogP contribution in [0.3, 0.4) is 0 Å². The molecule has 9 heteroatoms. The van der Waals surface area contributed by atoms with Crippen LogP contribution < -0.4 is 15.5 Å². The molecule has 0 spiro atoms. The number of aromatic nitrogens is 2. The number of likely N-dealkylation sites (N-methyl/N-ethyl adjacent to an activating group) is 2. The summed E-state index contributed by atoms with van der Waals surface area (Å²) in [5.41, 5.74) is 4.49. The minimum atomic E-state index is -0.0154. The topological polar surface area (TPSA) is 90.5 Å². The van der Waals surface area contributed by atoms with Gasteiger partial charge < -0.3 is 20.4 Å². The van der Waals surface area contributed by atoms with E-state index in [0.717, 1.165) is 42.0 Å². The first kappa shape index (κ1) is 23.3. The predicted octanol–water partition coefficient (Wildman–Crippen LogP) is 3.88. The third-order valence-corrected chi connectivity index (χ3v) is 6.84. The SMILES string of the molecule is CCN1C(=O)Cc2cnc(Nc3ccc(C(=O)N4CCC(NC)C4)cc3)nc2-c2ccc(Cl)cc21. The summed E-state index contributed by atoms with van der Waals surface area (Å²) in [7, 11) is 1.93. The highest BCUT2D eigenvalue weighted by molar-refractivity contribution is 6.31. The van der Waals surface area contributed by atoms with Crippen molar-refractivity contribution in [2.45, 2.75) is 25.8 Å². The molecule has 180 valence electrons. The van der Waals surface area contributed by atoms with Crippen LogP contribution in [0.25, 0.3) is 11.3 Å². The Morgan fingerprint density at radius 1 is 1.20 bits per heavy atom. The van der Waals surface area contributed by atoms with Crippen molar-refractivity contribution >= 4 is 40.7 Å². The molecule has 2 N–H and O–H groups in total. The molecule has 0 saturated carbocycles. The van der Waals surface area contributed by atoms with E-state index in [4.69, 9.17) is 16.6 Å². The summed E-state index contributed by atoms with van der Waals surface area (Å²) >= 11 is 6.24. The van der Waals surface area contributed by atoms with Crippen LogP contribution in [0.4, 0.5) is 17.3 Å². The van der Waals surface area contributed by atoms with Gasteiger partial charge in [0.1, 0.15) is 0 Å². The second-order valence-electron chi connectivity index (χ2n) is 8.77. The van der Waals surface area contributed by atoms with Gasteiger partial charge in [-0.05, 0) is 62.9 Å². The van der Waals surface area contributed by atoms with Crippen LogP contribution in [0.2, 0.25) is 5.02 Å². The van der Waals surface area contributed by atoms with Crippen LogP contribution in [0, 0.1) is 0 Å². The van der Waals surface area contributed by atoms with Crippen molar-refractivity contribution in [3.8, 4) is 11.3 Å². The second-order valence-corrected chi connectivity index (χ2v) is 9.21. The van der Waals surface area contributed by atoms with Gasteiger partial charge in [-0.1, -0.05) is 11.6 Å². The first-order valence-corrected chi connectivity index (χ1v) is 12.1. The van der Waals surface area contributed by atoms with Gasteiger partial charge in [0.25, 0.3) is 5.91 Å². The fourth-order valence-electron chi connectivity index (χ4n) is 4.69. The highest BCUT2D eigenvalue weighted by atomic mass is 35.5. The van der Waals surface area contributed by atoms with Gasteiger partial charge in [0.2, 0.25) is 11.9 Å². The number of anilines is 3. The third kappa shape index (κ3) is 4.59. The number of fused-ring (bicyclic) bond motifs is 3. The van der Waals surface area contributed by atoms with Crippen LogP contribution >= 0.6 is 11.6 Å². The van der Waals surface area contributed by atoms with Gasteiger partial charge in [0.15, 0.2) is 0 Å². The summed E-state index contributed by atoms with van der Waals surface area (Å²) < 4.78 is 0. The molecule has 8 nitrogen and oxygen atoms in total. The molecular formula is C26H27ClN6O2. The summed E-state index contributed by atoms with van der Waals surface area (Å²) in [6.45, 7) is 3.96. The summed E-state index contributed by atoms with van der Waals surface area (Å²) in [6.07, 6.45) is 2.88. The Bertz CT molecular complexity index is 1280. The Morgan fingerprint density at radius 3 is 2.71 bits per heavy atom. The van der Waals surface area contributed by atoms with E-state index < -0.39 is 0 Å². The Kier molecular flexibility index (Phi) is 6.40. The molecule has 0 aliphatic carbocycles. The molecule has 0 bridgehead atoms. The van der Waals surface area contributed by atoms with Gasteiger partial charge in [-0.25, -0.2) is 9.97 Å². The first-order chi connectivity index (χ1) is 17.0. The highest BCUT2D eigenvalue weighted by Gasteiger charge is 2.27. The molecule has 5 rings (SSSR count). The highest BCUT2D eigenvalue weighted by Crippen LogP contribution is 2.37. The number of nitrogens with zero attached hydrogens (tertiary/aromatic N) is 4. The lowest BCUT2D eigenvalue weighted by molar-refractivity contribution is -0.117. The molecule has 2 aromatic carbocycles. The average molecular weight is 491 g/mol. The summed E-state index contributed by atoms with van der Waals surface area (Å²) in [5, 5.41) is 7.02. The van der Waals surface area contributed by atoms with Crippen LogP contribution in [-0.2, 0) is 11.2 Å². The molecule has 2 aliphatic rings. The molecule has 0 radical (unpaired) electrons. The largest absolute Gasteiger partial charge is 0.337 e. The van der Waals surface area contributed by atoms with E-state index >= 15 is 0 Å². The van der Waals surface area contributed by atoms with Crippen LogP contribution in [-0.4, -0.2) is 59.4 Å². The normalized spacial score (nSPS) is 17.1. The summed E-state index contributed by atoms with van der Waals surface area (Å²) in [5.74, 6) is 0.437. The number of amides is 2. The van der Waals surface area contributed by atoms with E-state index in [2.05, 4.69) is 15.6 Å². The number of hydrogen-bond acceptors (Lipinski definition) is 6. The quantitative estimate of drug-likeness (QED) is 0.564. The maximum Gasteiger partial charge on any atom is 0.253 e. The molecular weight excluding hydrogens is 464 g/mol. The molecule has 35 heavy (non-hydrogen) atoms. The Labute approximate surface area is 209 Å². The van der Waals surface area contributed by atoms with Crippen LogP contribution in [0.5, 0.6) is 0 Å². The number of halogens is 1. The zero-order valence-corrected chi connectivity index (χ0v) is 20.5. The van der Waals surface area contributed by atoms with E-state index in [1.165, 1.54) is 0 Å². The van der Waals surface area contributed by atoms with E-state index in [0.29, 0.717) is 34.8 Å². The fourth-order valence-corrected chi connectivity index (χ4v) is 4.85. The molecule has 3 heterocycles. The Morgan fingerprint density at radius 2 is 2.00 bits per heavy atom. The summed E-state index contributed by atoms with van der Waals surface area (Å²) in [6, 6.07) is 13.2. The molecule has 2 aliphatic heterocycles. The molecule has 1 aromatic heterocycles. The predicted molar refractivity (Wildman–Crippen MR) is 137 cm³/mol. The van der Waals surface area contributed by atoms with E-state index in [9.17, 15) is 9.59 Å². The van der Waals surface area contributed by atoms with Gasteiger partial charge >= 0.3 is 0 Å². The number of carbonyl (C=O) groups is 2. The van der Waals surface area contributed by atoms with Crippen molar-refractivity contribution in [1.29, 1.82) is 0 Å².